The van der Waals surface area contributed by atoms with Crippen molar-refractivity contribution in [3.05, 3.63) is 83.8 Å². The van der Waals surface area contributed by atoms with Crippen molar-refractivity contribution in [1.82, 2.24) is 14.5 Å². The number of imidazole rings is 1. The molecule has 0 spiro atoms. The minimum absolute atomic E-state index is 0.429. The summed E-state index contributed by atoms with van der Waals surface area (Å²) in [7, 11) is 0. The highest BCUT2D eigenvalue weighted by Gasteiger charge is 2.20. The van der Waals surface area contributed by atoms with Gasteiger partial charge in [-0.15, -0.1) is 11.3 Å². The van der Waals surface area contributed by atoms with Gasteiger partial charge in [-0.2, -0.15) is 0 Å². The highest BCUT2D eigenvalue weighted by atomic mass is 32.1. The normalized spacial score (nSPS) is 12.2. The molecule has 3 heterocycles. The quantitative estimate of drug-likeness (QED) is 0.560. The van der Waals surface area contributed by atoms with Crippen molar-refractivity contribution in [2.24, 2.45) is 0 Å². The summed E-state index contributed by atoms with van der Waals surface area (Å²) in [6.45, 7) is 2.54. The number of pyridine rings is 1. The van der Waals surface area contributed by atoms with E-state index in [1.807, 2.05) is 41.2 Å². The van der Waals surface area contributed by atoms with Crippen LogP contribution in [0.25, 0.3) is 21.8 Å². The number of thiophene rings is 1. The summed E-state index contributed by atoms with van der Waals surface area (Å²) >= 11 is 1.70. The number of aliphatic hydroxyl groups excluding tert-OH is 1. The molecule has 0 fully saturated rings. The molecule has 0 aliphatic rings. The maximum atomic E-state index is 10.7. The van der Waals surface area contributed by atoms with Crippen molar-refractivity contribution in [2.75, 3.05) is 0 Å². The molecule has 0 aliphatic carbocycles. The van der Waals surface area contributed by atoms with Gasteiger partial charge in [0.1, 0.15) is 0 Å². The Kier molecular flexibility index (Phi) is 4.65. The number of nitrogens with zero attached hydrogens (tertiary/aromatic N) is 3. The fourth-order valence-electron chi connectivity index (χ4n) is 3.05. The number of hydrogen-bond acceptors (Lipinski definition) is 4. The summed E-state index contributed by atoms with van der Waals surface area (Å²) in [5, 5.41) is 12.8. The van der Waals surface area contributed by atoms with Gasteiger partial charge in [0.2, 0.25) is 0 Å². The minimum atomic E-state index is -0.638. The maximum Gasteiger partial charge on any atom is 0.0984 e. The van der Waals surface area contributed by atoms with Crippen molar-refractivity contribution in [3.63, 3.8) is 0 Å². The monoisotopic (exact) mass is 361 g/mol. The molecule has 130 valence electrons. The second-order valence-electron chi connectivity index (χ2n) is 6.20. The van der Waals surface area contributed by atoms with Crippen molar-refractivity contribution in [1.29, 1.82) is 0 Å². The van der Waals surface area contributed by atoms with E-state index >= 15 is 0 Å². The summed E-state index contributed by atoms with van der Waals surface area (Å²) < 4.78 is 2.04. The molecular formula is C21H19N3OS. The molecule has 4 nitrogen and oxygen atoms in total. The zero-order valence-corrected chi connectivity index (χ0v) is 15.2. The van der Waals surface area contributed by atoms with Gasteiger partial charge in [-0.05, 0) is 30.0 Å². The van der Waals surface area contributed by atoms with E-state index in [1.165, 1.54) is 10.4 Å². The summed E-state index contributed by atoms with van der Waals surface area (Å²) in [4.78, 5) is 9.96. The Morgan fingerprint density at radius 1 is 1.12 bits per heavy atom. The van der Waals surface area contributed by atoms with E-state index in [0.717, 1.165) is 22.5 Å². The molecule has 0 amide bonds. The van der Waals surface area contributed by atoms with E-state index in [1.54, 1.807) is 23.7 Å². The number of hydrogen-bond donors (Lipinski definition) is 1. The fourth-order valence-corrected chi connectivity index (χ4v) is 4.03. The van der Waals surface area contributed by atoms with Crippen LogP contribution >= 0.6 is 11.3 Å². The molecule has 1 aromatic carbocycles. The Balaban J connectivity index is 1.78. The second kappa shape index (κ2) is 7.23. The van der Waals surface area contributed by atoms with Crippen molar-refractivity contribution in [3.8, 4) is 21.8 Å². The molecule has 0 radical (unpaired) electrons. The lowest BCUT2D eigenvalue weighted by molar-refractivity contribution is 0.156. The van der Waals surface area contributed by atoms with E-state index in [4.69, 9.17) is 0 Å². The number of aryl methyl sites for hydroxylation is 1. The third kappa shape index (κ3) is 3.19. The minimum Gasteiger partial charge on any atom is -0.386 e. The number of benzene rings is 1. The second-order valence-corrected chi connectivity index (χ2v) is 7.11. The van der Waals surface area contributed by atoms with Crippen molar-refractivity contribution in [2.45, 2.75) is 19.6 Å². The first-order chi connectivity index (χ1) is 12.7. The molecular weight excluding hydrogens is 342 g/mol. The van der Waals surface area contributed by atoms with E-state index in [0.29, 0.717) is 6.54 Å². The highest BCUT2D eigenvalue weighted by molar-refractivity contribution is 7.13. The third-order valence-electron chi connectivity index (χ3n) is 4.40. The Morgan fingerprint density at radius 2 is 1.96 bits per heavy atom. The van der Waals surface area contributed by atoms with Gasteiger partial charge >= 0.3 is 0 Å². The molecule has 26 heavy (non-hydrogen) atoms. The molecule has 1 N–H and O–H groups in total. The van der Waals surface area contributed by atoms with E-state index < -0.39 is 6.10 Å². The lowest BCUT2D eigenvalue weighted by Crippen LogP contribution is -2.09. The zero-order chi connectivity index (χ0) is 17.9. The van der Waals surface area contributed by atoms with Gasteiger partial charge in [0, 0.05) is 23.5 Å². The first-order valence-electron chi connectivity index (χ1n) is 8.47. The van der Waals surface area contributed by atoms with E-state index in [9.17, 15) is 5.11 Å². The summed E-state index contributed by atoms with van der Waals surface area (Å²) in [5.74, 6) is 0. The van der Waals surface area contributed by atoms with Crippen molar-refractivity contribution < 1.29 is 5.11 Å². The van der Waals surface area contributed by atoms with Gasteiger partial charge in [0.25, 0.3) is 0 Å². The standard InChI is InChI=1S/C21H19N3OS/c1-15-9-11-26-21(15)20-19(16-6-3-2-4-7-16)23-14-24(20)13-18(25)17-8-5-10-22-12-17/h2-12,14,18,25H,13H2,1H3/t18-/m0/s1. The Labute approximate surface area is 156 Å². The van der Waals surface area contributed by atoms with Crippen molar-refractivity contribution >= 4 is 11.3 Å². The molecule has 0 saturated carbocycles. The van der Waals surface area contributed by atoms with Crippen LogP contribution < -0.4 is 0 Å². The lowest BCUT2D eigenvalue weighted by Gasteiger charge is -2.15. The molecule has 4 aromatic rings. The van der Waals surface area contributed by atoms with Crippen LogP contribution in [-0.4, -0.2) is 19.6 Å². The van der Waals surface area contributed by atoms with Gasteiger partial charge in [0.05, 0.1) is 35.2 Å². The molecule has 3 aromatic heterocycles. The van der Waals surface area contributed by atoms with Crippen LogP contribution in [0.1, 0.15) is 17.2 Å². The summed E-state index contributed by atoms with van der Waals surface area (Å²) in [6, 6.07) is 16.0. The predicted molar refractivity (Wildman–Crippen MR) is 105 cm³/mol. The molecule has 0 saturated heterocycles. The fraction of sp³-hybridized carbons (Fsp3) is 0.143. The van der Waals surface area contributed by atoms with E-state index in [2.05, 4.69) is 40.5 Å². The topological polar surface area (TPSA) is 50.9 Å². The zero-order valence-electron chi connectivity index (χ0n) is 14.4. The van der Waals surface area contributed by atoms with E-state index in [-0.39, 0.29) is 0 Å². The van der Waals surface area contributed by atoms with Gasteiger partial charge in [-0.25, -0.2) is 4.98 Å². The number of aromatic nitrogens is 3. The predicted octanol–water partition coefficient (Wildman–Crippen LogP) is 4.72. The Morgan fingerprint density at radius 3 is 2.65 bits per heavy atom. The lowest BCUT2D eigenvalue weighted by atomic mass is 10.1. The molecule has 0 aliphatic heterocycles. The van der Waals surface area contributed by atoms with Crippen LogP contribution in [0.2, 0.25) is 0 Å². The van der Waals surface area contributed by atoms with Gasteiger partial charge < -0.3 is 9.67 Å². The largest absolute Gasteiger partial charge is 0.386 e. The molecule has 5 heteroatoms. The number of rotatable bonds is 5. The van der Waals surface area contributed by atoms with Crippen LogP contribution in [0.15, 0.2) is 72.6 Å². The average Bonchev–Trinajstić information content (AvgIpc) is 3.28. The van der Waals surface area contributed by atoms with Gasteiger partial charge in [-0.3, -0.25) is 4.98 Å². The average molecular weight is 361 g/mol. The summed E-state index contributed by atoms with van der Waals surface area (Å²) in [5.41, 5.74) is 5.08. The Hall–Kier alpha value is -2.76. The molecule has 0 bridgehead atoms. The van der Waals surface area contributed by atoms with Crippen LogP contribution in [-0.2, 0) is 6.54 Å². The van der Waals surface area contributed by atoms with Crippen LogP contribution in [0.3, 0.4) is 0 Å². The van der Waals surface area contributed by atoms with Gasteiger partial charge in [0.15, 0.2) is 0 Å². The Bertz CT molecular complexity index is 993. The van der Waals surface area contributed by atoms with Crippen LogP contribution in [0, 0.1) is 6.92 Å². The summed E-state index contributed by atoms with van der Waals surface area (Å²) in [6.07, 6.45) is 4.59. The SMILES string of the molecule is Cc1ccsc1-c1c(-c2ccccc2)ncn1C[C@H](O)c1cccnc1. The molecule has 4 rings (SSSR count). The molecule has 1 atom stereocenters. The third-order valence-corrected chi connectivity index (χ3v) is 5.42. The first kappa shape index (κ1) is 16.7. The van der Waals surface area contributed by atoms with Gasteiger partial charge in [-0.1, -0.05) is 36.4 Å². The smallest absolute Gasteiger partial charge is 0.0984 e. The number of aliphatic hydroxyl groups is 1. The first-order valence-corrected chi connectivity index (χ1v) is 9.35. The van der Waals surface area contributed by atoms with Crippen LogP contribution in [0.4, 0.5) is 0 Å². The maximum absolute atomic E-state index is 10.7. The van der Waals surface area contributed by atoms with Crippen LogP contribution in [0.5, 0.6) is 0 Å². The molecule has 0 unspecified atom stereocenters. The highest BCUT2D eigenvalue weighted by Crippen LogP contribution is 2.37.